The molecule has 0 fully saturated rings. The molecule has 0 N–H and O–H groups in total. The number of quaternary nitrogens is 1. The van der Waals surface area contributed by atoms with E-state index in [2.05, 4.69) is 97.2 Å². The fraction of sp³-hybridized carbons (Fsp3) is 0.556. The van der Waals surface area contributed by atoms with Crippen molar-refractivity contribution in [1.29, 1.82) is 0 Å². The Kier molecular flexibility index (Phi) is 8.93. The maximum absolute atomic E-state index is 6.88. The van der Waals surface area contributed by atoms with Gasteiger partial charge in [-0.1, -0.05) is 58.0 Å². The zero-order valence-electron chi connectivity index (χ0n) is 20.3. The van der Waals surface area contributed by atoms with Crippen LogP contribution in [0.2, 0.25) is 0 Å². The summed E-state index contributed by atoms with van der Waals surface area (Å²) >= 11 is 0. The quantitative estimate of drug-likeness (QED) is 0.305. The molecule has 0 saturated heterocycles. The molecule has 0 aliphatic heterocycles. The van der Waals surface area contributed by atoms with Crippen molar-refractivity contribution in [2.75, 3.05) is 20.7 Å². The minimum atomic E-state index is -0.159. The molecule has 0 aliphatic rings. The average Bonchev–Trinajstić information content (AvgIpc) is 2.68. The Morgan fingerprint density at radius 1 is 0.800 bits per heavy atom. The standard InChI is InChI=1S/C27H42NO2/c1-9-29-22(6)28(7,8)27(23-14-11-10-12-15-23)30-26-17-13-16-24(18-20(2)3)25(26)19-21(4)5/h10-17,20-22,27H,9,18-19H2,1-8H3/q+1. The molecule has 0 heterocycles. The second kappa shape index (κ2) is 11.0. The molecule has 3 heteroatoms. The van der Waals surface area contributed by atoms with Gasteiger partial charge < -0.3 is 9.47 Å². The van der Waals surface area contributed by atoms with E-state index in [1.54, 1.807) is 0 Å². The molecule has 0 radical (unpaired) electrons. The van der Waals surface area contributed by atoms with Crippen LogP contribution in [0, 0.1) is 11.8 Å². The van der Waals surface area contributed by atoms with Crippen molar-refractivity contribution >= 4 is 0 Å². The Morgan fingerprint density at radius 3 is 2.00 bits per heavy atom. The summed E-state index contributed by atoms with van der Waals surface area (Å²) in [6.45, 7) is 14.0. The van der Waals surface area contributed by atoms with E-state index in [4.69, 9.17) is 9.47 Å². The summed E-state index contributed by atoms with van der Waals surface area (Å²) in [5, 5.41) is 0. The molecule has 0 saturated carbocycles. The number of hydrogen-bond donors (Lipinski definition) is 0. The lowest BCUT2D eigenvalue weighted by Crippen LogP contribution is -2.53. The lowest BCUT2D eigenvalue weighted by Gasteiger charge is -2.41. The highest BCUT2D eigenvalue weighted by atomic mass is 16.5. The SMILES string of the molecule is CCOC(C)[N+](C)(C)C(Oc1cccc(CC(C)C)c1CC(C)C)c1ccccc1. The molecule has 0 aliphatic carbocycles. The van der Waals surface area contributed by atoms with Gasteiger partial charge in [0.25, 0.3) is 6.23 Å². The van der Waals surface area contributed by atoms with Crippen molar-refractivity contribution in [1.82, 2.24) is 0 Å². The van der Waals surface area contributed by atoms with Crippen LogP contribution >= 0.6 is 0 Å². The molecule has 2 unspecified atom stereocenters. The lowest BCUT2D eigenvalue weighted by atomic mass is 9.92. The van der Waals surface area contributed by atoms with E-state index >= 15 is 0 Å². The van der Waals surface area contributed by atoms with Gasteiger partial charge in [0.2, 0.25) is 0 Å². The van der Waals surface area contributed by atoms with Crippen molar-refractivity contribution in [3.8, 4) is 5.75 Å². The first-order valence-electron chi connectivity index (χ1n) is 11.4. The molecule has 0 amide bonds. The molecule has 2 rings (SSSR count). The predicted molar refractivity (Wildman–Crippen MR) is 127 cm³/mol. The summed E-state index contributed by atoms with van der Waals surface area (Å²) in [6, 6.07) is 17.1. The number of hydrogen-bond acceptors (Lipinski definition) is 2. The Balaban J connectivity index is 2.52. The molecule has 3 nitrogen and oxygen atoms in total. The third-order valence-electron chi connectivity index (χ3n) is 5.74. The zero-order valence-corrected chi connectivity index (χ0v) is 20.3. The van der Waals surface area contributed by atoms with Crippen LogP contribution in [0.4, 0.5) is 0 Å². The summed E-state index contributed by atoms with van der Waals surface area (Å²) in [5.74, 6) is 2.19. The number of benzene rings is 2. The van der Waals surface area contributed by atoms with E-state index in [0.29, 0.717) is 22.9 Å². The van der Waals surface area contributed by atoms with E-state index < -0.39 is 0 Å². The van der Waals surface area contributed by atoms with E-state index in [-0.39, 0.29) is 12.5 Å². The van der Waals surface area contributed by atoms with Gasteiger partial charge in [0, 0.05) is 6.92 Å². The first kappa shape index (κ1) is 24.4. The molecule has 0 aromatic heterocycles. The van der Waals surface area contributed by atoms with Crippen LogP contribution in [0.1, 0.15) is 64.5 Å². The highest BCUT2D eigenvalue weighted by Crippen LogP contribution is 2.35. The monoisotopic (exact) mass is 412 g/mol. The van der Waals surface area contributed by atoms with Gasteiger partial charge in [0.05, 0.1) is 26.3 Å². The predicted octanol–water partition coefficient (Wildman–Crippen LogP) is 6.62. The maximum Gasteiger partial charge on any atom is 0.261 e. The topological polar surface area (TPSA) is 18.5 Å². The minimum Gasteiger partial charge on any atom is -0.438 e. The summed E-state index contributed by atoms with van der Waals surface area (Å²) in [5.41, 5.74) is 3.93. The summed E-state index contributed by atoms with van der Waals surface area (Å²) in [7, 11) is 4.39. The largest absolute Gasteiger partial charge is 0.438 e. The molecule has 2 atom stereocenters. The third-order valence-corrected chi connectivity index (χ3v) is 5.74. The number of rotatable bonds is 11. The van der Waals surface area contributed by atoms with E-state index in [0.717, 1.165) is 18.6 Å². The first-order chi connectivity index (χ1) is 14.2. The Morgan fingerprint density at radius 2 is 1.43 bits per heavy atom. The van der Waals surface area contributed by atoms with E-state index in [1.807, 2.05) is 6.92 Å². The molecule has 166 valence electrons. The first-order valence-corrected chi connectivity index (χ1v) is 11.4. The van der Waals surface area contributed by atoms with Gasteiger partial charge in [-0.15, -0.1) is 0 Å². The highest BCUT2D eigenvalue weighted by Gasteiger charge is 2.38. The Bertz CT molecular complexity index is 768. The average molecular weight is 413 g/mol. The molecule has 0 spiro atoms. The molecular weight excluding hydrogens is 370 g/mol. The fourth-order valence-electron chi connectivity index (χ4n) is 3.94. The molecular formula is C27H42NO2+. The van der Waals surface area contributed by atoms with Gasteiger partial charge in [-0.3, -0.25) is 4.48 Å². The van der Waals surface area contributed by atoms with Gasteiger partial charge in [0.1, 0.15) is 5.75 Å². The number of nitrogens with zero attached hydrogens (tertiary/aromatic N) is 1. The van der Waals surface area contributed by atoms with Crippen LogP contribution in [0.25, 0.3) is 0 Å². The highest BCUT2D eigenvalue weighted by molar-refractivity contribution is 5.41. The molecule has 0 bridgehead atoms. The zero-order chi connectivity index (χ0) is 22.3. The second-order valence-electron chi connectivity index (χ2n) is 9.65. The Labute approximate surface area is 184 Å². The minimum absolute atomic E-state index is 0.00704. The Hall–Kier alpha value is -1.84. The van der Waals surface area contributed by atoms with E-state index in [9.17, 15) is 0 Å². The molecule has 2 aromatic carbocycles. The van der Waals surface area contributed by atoms with Crippen LogP contribution < -0.4 is 4.74 Å². The third kappa shape index (κ3) is 6.33. The van der Waals surface area contributed by atoms with Crippen LogP contribution in [-0.2, 0) is 17.6 Å². The fourth-order valence-corrected chi connectivity index (χ4v) is 3.94. The summed E-state index contributed by atoms with van der Waals surface area (Å²) < 4.78 is 13.5. The summed E-state index contributed by atoms with van der Waals surface area (Å²) in [6.07, 6.45) is 1.94. The van der Waals surface area contributed by atoms with E-state index in [1.165, 1.54) is 16.7 Å². The van der Waals surface area contributed by atoms with Gasteiger partial charge in [-0.25, -0.2) is 0 Å². The van der Waals surface area contributed by atoms with Crippen molar-refractivity contribution in [3.63, 3.8) is 0 Å². The van der Waals surface area contributed by atoms with Crippen molar-refractivity contribution < 1.29 is 14.0 Å². The van der Waals surface area contributed by atoms with Gasteiger partial charge in [0.15, 0.2) is 6.23 Å². The van der Waals surface area contributed by atoms with Crippen molar-refractivity contribution in [2.24, 2.45) is 11.8 Å². The maximum atomic E-state index is 6.88. The van der Waals surface area contributed by atoms with Gasteiger partial charge >= 0.3 is 0 Å². The molecule has 2 aromatic rings. The smallest absolute Gasteiger partial charge is 0.261 e. The second-order valence-corrected chi connectivity index (χ2v) is 9.65. The van der Waals surface area contributed by atoms with Gasteiger partial charge in [-0.05, 0) is 60.9 Å². The normalized spacial score (nSPS) is 14.2. The number of ether oxygens (including phenoxy) is 2. The summed E-state index contributed by atoms with van der Waals surface area (Å²) in [4.78, 5) is 0. The van der Waals surface area contributed by atoms with Crippen LogP contribution in [0.3, 0.4) is 0 Å². The van der Waals surface area contributed by atoms with Crippen LogP contribution in [-0.4, -0.2) is 31.4 Å². The molecule has 30 heavy (non-hydrogen) atoms. The lowest BCUT2D eigenvalue weighted by molar-refractivity contribution is -0.980. The van der Waals surface area contributed by atoms with Crippen LogP contribution in [0.5, 0.6) is 5.75 Å². The van der Waals surface area contributed by atoms with Gasteiger partial charge in [-0.2, -0.15) is 0 Å². The van der Waals surface area contributed by atoms with Crippen LogP contribution in [0.15, 0.2) is 48.5 Å². The van der Waals surface area contributed by atoms with Crippen molar-refractivity contribution in [3.05, 3.63) is 65.2 Å². The van der Waals surface area contributed by atoms with Crippen molar-refractivity contribution in [2.45, 2.75) is 66.8 Å².